The van der Waals surface area contributed by atoms with Gasteiger partial charge >= 0.3 is 0 Å². The average molecular weight is 250 g/mol. The van der Waals surface area contributed by atoms with Crippen LogP contribution in [0.4, 0.5) is 14.7 Å². The first kappa shape index (κ1) is 11.1. The molecule has 1 aliphatic heterocycles. The summed E-state index contributed by atoms with van der Waals surface area (Å²) in [6.07, 6.45) is 0.765. The third-order valence-electron chi connectivity index (χ3n) is 3.06. The van der Waals surface area contributed by atoms with Gasteiger partial charge in [-0.05, 0) is 31.0 Å². The number of anilines is 1. The fourth-order valence-corrected chi connectivity index (χ4v) is 2.24. The van der Waals surface area contributed by atoms with E-state index in [9.17, 15) is 8.78 Å². The maximum atomic E-state index is 13.3. The van der Waals surface area contributed by atoms with Crippen LogP contribution in [-0.2, 0) is 0 Å². The quantitative estimate of drug-likeness (QED) is 0.844. The molecule has 1 N–H and O–H groups in total. The lowest BCUT2D eigenvalue weighted by molar-refractivity contribution is 0.466. The lowest BCUT2D eigenvalue weighted by Gasteiger charge is -2.24. The summed E-state index contributed by atoms with van der Waals surface area (Å²) in [6.45, 7) is 2.54. The number of aromatic nitrogens is 3. The van der Waals surface area contributed by atoms with Gasteiger partial charge in [-0.2, -0.15) is 10.1 Å². The van der Waals surface area contributed by atoms with Crippen LogP contribution in [0.25, 0.3) is 0 Å². The Balaban J connectivity index is 2.05. The Morgan fingerprint density at radius 1 is 1.33 bits per heavy atom. The first-order valence-electron chi connectivity index (χ1n) is 5.77. The largest absolute Gasteiger partial charge is 0.354 e. The molecule has 2 heterocycles. The second-order valence-electron chi connectivity index (χ2n) is 4.33. The van der Waals surface area contributed by atoms with E-state index >= 15 is 0 Å². The summed E-state index contributed by atoms with van der Waals surface area (Å²) < 4.78 is 28.0. The fourth-order valence-electron chi connectivity index (χ4n) is 2.24. The molecule has 94 valence electrons. The Morgan fingerprint density at radius 3 is 2.94 bits per heavy atom. The van der Waals surface area contributed by atoms with Gasteiger partial charge in [-0.25, -0.2) is 13.5 Å². The van der Waals surface area contributed by atoms with Crippen molar-refractivity contribution in [3.63, 3.8) is 0 Å². The zero-order chi connectivity index (χ0) is 12.7. The normalized spacial score (nSPS) is 18.3. The highest BCUT2D eigenvalue weighted by Crippen LogP contribution is 2.28. The van der Waals surface area contributed by atoms with Crippen molar-refractivity contribution >= 4 is 5.95 Å². The summed E-state index contributed by atoms with van der Waals surface area (Å²) in [5.41, 5.74) is 0.710. The van der Waals surface area contributed by atoms with Crippen LogP contribution in [0.15, 0.2) is 18.2 Å². The average Bonchev–Trinajstić information content (AvgIpc) is 2.72. The van der Waals surface area contributed by atoms with Crippen molar-refractivity contribution in [2.75, 3.05) is 11.9 Å². The second kappa shape index (κ2) is 4.04. The molecule has 1 aromatic heterocycles. The first-order valence-corrected chi connectivity index (χ1v) is 5.77. The summed E-state index contributed by atoms with van der Waals surface area (Å²) in [5, 5.41) is 7.42. The van der Waals surface area contributed by atoms with Gasteiger partial charge in [0.1, 0.15) is 5.82 Å². The van der Waals surface area contributed by atoms with Crippen LogP contribution < -0.4 is 5.32 Å². The van der Waals surface area contributed by atoms with E-state index in [1.165, 1.54) is 6.07 Å². The summed E-state index contributed by atoms with van der Waals surface area (Å²) in [5.74, 6) is -0.326. The third-order valence-corrected chi connectivity index (χ3v) is 3.06. The van der Waals surface area contributed by atoms with E-state index in [0.29, 0.717) is 17.3 Å². The van der Waals surface area contributed by atoms with Gasteiger partial charge in [0.05, 0.1) is 6.04 Å². The van der Waals surface area contributed by atoms with Crippen LogP contribution in [0, 0.1) is 18.6 Å². The van der Waals surface area contributed by atoms with Crippen molar-refractivity contribution in [2.24, 2.45) is 0 Å². The van der Waals surface area contributed by atoms with E-state index in [4.69, 9.17) is 0 Å². The van der Waals surface area contributed by atoms with E-state index in [-0.39, 0.29) is 6.04 Å². The van der Waals surface area contributed by atoms with Gasteiger partial charge in [-0.3, -0.25) is 0 Å². The van der Waals surface area contributed by atoms with Gasteiger partial charge in [0.2, 0.25) is 5.95 Å². The van der Waals surface area contributed by atoms with E-state index < -0.39 is 11.6 Å². The molecule has 6 heteroatoms. The highest BCUT2D eigenvalue weighted by Gasteiger charge is 2.24. The minimum atomic E-state index is -0.831. The van der Waals surface area contributed by atoms with Crippen LogP contribution >= 0.6 is 0 Å². The topological polar surface area (TPSA) is 42.7 Å². The zero-order valence-corrected chi connectivity index (χ0v) is 9.82. The molecule has 0 fully saturated rings. The van der Waals surface area contributed by atoms with Crippen molar-refractivity contribution in [3.05, 3.63) is 41.2 Å². The molecule has 18 heavy (non-hydrogen) atoms. The number of nitrogens with one attached hydrogen (secondary N) is 1. The Bertz CT molecular complexity index is 594. The molecule has 2 aromatic rings. The van der Waals surface area contributed by atoms with Crippen molar-refractivity contribution in [2.45, 2.75) is 19.4 Å². The molecule has 1 aromatic carbocycles. The molecule has 4 nitrogen and oxygen atoms in total. The van der Waals surface area contributed by atoms with Crippen molar-refractivity contribution in [1.29, 1.82) is 0 Å². The first-order chi connectivity index (χ1) is 8.65. The monoisotopic (exact) mass is 250 g/mol. The lowest BCUT2D eigenvalue weighted by Crippen LogP contribution is -2.24. The standard InChI is InChI=1S/C12H12F2N4/c1-7-16-12-15-5-4-11(18(12)17-7)8-2-3-9(13)10(14)6-8/h2-3,6,11H,4-5H2,1H3,(H,15,16,17). The smallest absolute Gasteiger partial charge is 0.221 e. The summed E-state index contributed by atoms with van der Waals surface area (Å²) >= 11 is 0. The predicted octanol–water partition coefficient (Wildman–Crippen LogP) is 2.27. The van der Waals surface area contributed by atoms with Crippen LogP contribution in [0.1, 0.15) is 23.9 Å². The molecule has 1 unspecified atom stereocenters. The maximum Gasteiger partial charge on any atom is 0.221 e. The molecule has 0 aliphatic carbocycles. The second-order valence-corrected chi connectivity index (χ2v) is 4.33. The maximum absolute atomic E-state index is 13.3. The third kappa shape index (κ3) is 1.73. The number of hydrogen-bond acceptors (Lipinski definition) is 3. The molecular weight excluding hydrogens is 238 g/mol. The molecule has 1 aliphatic rings. The molecule has 0 radical (unpaired) electrons. The number of hydrogen-bond donors (Lipinski definition) is 1. The van der Waals surface area contributed by atoms with E-state index in [1.54, 1.807) is 17.7 Å². The molecule has 0 saturated heterocycles. The van der Waals surface area contributed by atoms with Crippen LogP contribution in [0.5, 0.6) is 0 Å². The number of rotatable bonds is 1. The number of halogens is 2. The van der Waals surface area contributed by atoms with Gasteiger partial charge in [0.25, 0.3) is 0 Å². The molecular formula is C12H12F2N4. The van der Waals surface area contributed by atoms with Crippen LogP contribution in [0.2, 0.25) is 0 Å². The number of aryl methyl sites for hydroxylation is 1. The van der Waals surface area contributed by atoms with Gasteiger partial charge < -0.3 is 5.32 Å². The molecule has 3 rings (SSSR count). The highest BCUT2D eigenvalue weighted by atomic mass is 19.2. The Hall–Kier alpha value is -1.98. The summed E-state index contributed by atoms with van der Waals surface area (Å²) in [6, 6.07) is 3.87. The van der Waals surface area contributed by atoms with Crippen molar-refractivity contribution in [1.82, 2.24) is 14.8 Å². The molecule has 0 spiro atoms. The van der Waals surface area contributed by atoms with Crippen molar-refractivity contribution in [3.8, 4) is 0 Å². The fraction of sp³-hybridized carbons (Fsp3) is 0.333. The lowest BCUT2D eigenvalue weighted by atomic mass is 10.0. The summed E-state index contributed by atoms with van der Waals surface area (Å²) in [4.78, 5) is 4.24. The van der Waals surface area contributed by atoms with E-state index in [0.717, 1.165) is 19.0 Å². The van der Waals surface area contributed by atoms with Gasteiger partial charge in [-0.1, -0.05) is 6.07 Å². The van der Waals surface area contributed by atoms with E-state index in [1.807, 2.05) is 0 Å². The Morgan fingerprint density at radius 2 is 2.17 bits per heavy atom. The molecule has 1 atom stereocenters. The zero-order valence-electron chi connectivity index (χ0n) is 9.82. The van der Waals surface area contributed by atoms with Gasteiger partial charge in [-0.15, -0.1) is 0 Å². The predicted molar refractivity (Wildman–Crippen MR) is 62.4 cm³/mol. The highest BCUT2D eigenvalue weighted by molar-refractivity contribution is 5.33. The number of nitrogens with zero attached hydrogens (tertiary/aromatic N) is 3. The van der Waals surface area contributed by atoms with Crippen molar-refractivity contribution < 1.29 is 8.78 Å². The molecule has 0 saturated carbocycles. The minimum Gasteiger partial charge on any atom is -0.354 e. The molecule has 0 amide bonds. The Labute approximate surface area is 103 Å². The number of benzene rings is 1. The van der Waals surface area contributed by atoms with Gasteiger partial charge in [0, 0.05) is 6.54 Å². The van der Waals surface area contributed by atoms with Crippen LogP contribution in [0.3, 0.4) is 0 Å². The SMILES string of the molecule is Cc1nc2n(n1)C(c1ccc(F)c(F)c1)CCN2. The van der Waals surface area contributed by atoms with Crippen LogP contribution in [-0.4, -0.2) is 21.3 Å². The van der Waals surface area contributed by atoms with Gasteiger partial charge in [0.15, 0.2) is 11.6 Å². The molecule has 0 bridgehead atoms. The minimum absolute atomic E-state index is 0.0995. The summed E-state index contributed by atoms with van der Waals surface area (Å²) in [7, 11) is 0. The Kier molecular flexibility index (Phi) is 2.50. The van der Waals surface area contributed by atoms with E-state index in [2.05, 4.69) is 15.4 Å². The number of fused-ring (bicyclic) bond motifs is 1.